The second-order valence-corrected chi connectivity index (χ2v) is 11.5. The zero-order valence-electron chi connectivity index (χ0n) is 20.8. The molecule has 2 heterocycles. The van der Waals surface area contributed by atoms with Gasteiger partial charge in [-0.3, -0.25) is 14.3 Å². The van der Waals surface area contributed by atoms with Gasteiger partial charge in [-0.1, -0.05) is 36.0 Å². The summed E-state index contributed by atoms with van der Waals surface area (Å²) in [6, 6.07) is 18.6. The summed E-state index contributed by atoms with van der Waals surface area (Å²) in [6.45, 7) is 2.10. The van der Waals surface area contributed by atoms with Crippen molar-refractivity contribution in [2.45, 2.75) is 25.4 Å². The summed E-state index contributed by atoms with van der Waals surface area (Å²) in [7, 11) is -4.00. The molecule has 12 heteroatoms. The van der Waals surface area contributed by atoms with Gasteiger partial charge in [0.05, 0.1) is 10.6 Å². The molecular weight excluding hydrogens is 543 g/mol. The molecule has 1 saturated heterocycles. The number of nitrogens with one attached hydrogen (secondary N) is 3. The molecule has 202 valence electrons. The molecule has 0 radical (unpaired) electrons. The zero-order chi connectivity index (χ0) is 27.6. The number of nitrogens with zero attached hydrogens (tertiary/aromatic N) is 1. The van der Waals surface area contributed by atoms with Gasteiger partial charge in [0, 0.05) is 19.2 Å². The van der Waals surface area contributed by atoms with E-state index in [9.17, 15) is 22.4 Å². The highest BCUT2D eigenvalue weighted by Crippen LogP contribution is 2.39. The van der Waals surface area contributed by atoms with Crippen LogP contribution >= 0.6 is 11.8 Å². The van der Waals surface area contributed by atoms with Gasteiger partial charge in [0.15, 0.2) is 5.50 Å². The molecule has 0 saturated carbocycles. The van der Waals surface area contributed by atoms with Crippen LogP contribution in [0.3, 0.4) is 0 Å². The summed E-state index contributed by atoms with van der Waals surface area (Å²) in [5.41, 5.74) is 3.59. The van der Waals surface area contributed by atoms with E-state index in [1.165, 1.54) is 23.9 Å². The van der Waals surface area contributed by atoms with Gasteiger partial charge in [-0.15, -0.1) is 0 Å². The van der Waals surface area contributed by atoms with E-state index in [1.54, 1.807) is 30.3 Å². The Bertz CT molecular complexity index is 1540. The number of hydrogen-bond donors (Lipinski definition) is 3. The molecule has 2 aliphatic rings. The highest BCUT2D eigenvalue weighted by atomic mass is 32.2. The van der Waals surface area contributed by atoms with Gasteiger partial charge in [-0.05, 0) is 71.7 Å². The minimum absolute atomic E-state index is 0.172. The minimum Gasteiger partial charge on any atom is -0.489 e. The van der Waals surface area contributed by atoms with Crippen LogP contribution in [0.5, 0.6) is 5.75 Å². The maximum atomic E-state index is 13.1. The number of thioether (sulfide) groups is 1. The first-order valence-electron chi connectivity index (χ1n) is 12.0. The first-order valence-corrected chi connectivity index (χ1v) is 14.4. The predicted octanol–water partition coefficient (Wildman–Crippen LogP) is 3.75. The lowest BCUT2D eigenvalue weighted by Gasteiger charge is -2.25. The third-order valence-electron chi connectivity index (χ3n) is 6.04. The van der Waals surface area contributed by atoms with E-state index in [0.717, 1.165) is 29.3 Å². The van der Waals surface area contributed by atoms with Crippen LogP contribution in [0.4, 0.5) is 15.8 Å². The van der Waals surface area contributed by atoms with Crippen molar-refractivity contribution in [1.29, 1.82) is 0 Å². The van der Waals surface area contributed by atoms with Crippen molar-refractivity contribution < 1.29 is 27.1 Å². The molecule has 0 bridgehead atoms. The SMILES string of the molecule is CC(=O)NS(=O)(=O)Nc1ccc2c(c1)CCN2C1NC(=O)C(=Cc2ccc(OCc3ccc(F)cc3)cc2)S1. The van der Waals surface area contributed by atoms with E-state index in [4.69, 9.17) is 4.74 Å². The van der Waals surface area contributed by atoms with Gasteiger partial charge in [-0.2, -0.15) is 8.42 Å². The average Bonchev–Trinajstić information content (AvgIpc) is 3.46. The first kappa shape index (κ1) is 26.6. The van der Waals surface area contributed by atoms with Crippen molar-refractivity contribution >= 4 is 51.2 Å². The molecule has 0 aromatic heterocycles. The molecule has 3 aromatic rings. The normalized spacial score (nSPS) is 17.6. The average molecular weight is 569 g/mol. The maximum absolute atomic E-state index is 13.1. The lowest BCUT2D eigenvalue weighted by atomic mass is 10.1. The van der Waals surface area contributed by atoms with Crippen molar-refractivity contribution in [2.75, 3.05) is 16.2 Å². The topological polar surface area (TPSA) is 117 Å². The minimum atomic E-state index is -4.00. The van der Waals surface area contributed by atoms with Crippen LogP contribution in [0.1, 0.15) is 23.6 Å². The Balaban J connectivity index is 1.21. The van der Waals surface area contributed by atoms with Crippen LogP contribution in [0.2, 0.25) is 0 Å². The Kier molecular flexibility index (Phi) is 7.49. The number of carbonyl (C=O) groups excluding carboxylic acids is 2. The number of rotatable bonds is 8. The molecule has 1 fully saturated rings. The van der Waals surface area contributed by atoms with Crippen LogP contribution in [0, 0.1) is 5.82 Å². The Labute approximate surface area is 229 Å². The van der Waals surface area contributed by atoms with Crippen molar-refractivity contribution in [3.05, 3.63) is 94.1 Å². The summed E-state index contributed by atoms with van der Waals surface area (Å²) in [6.07, 6.45) is 2.50. The summed E-state index contributed by atoms with van der Waals surface area (Å²) in [4.78, 5) is 26.5. The fraction of sp³-hybridized carbons (Fsp3) is 0.185. The van der Waals surface area contributed by atoms with Gasteiger partial charge < -0.3 is 15.0 Å². The summed E-state index contributed by atoms with van der Waals surface area (Å²) in [5.74, 6) is -0.482. The summed E-state index contributed by atoms with van der Waals surface area (Å²) >= 11 is 1.41. The fourth-order valence-corrected chi connectivity index (χ4v) is 6.28. The van der Waals surface area contributed by atoms with Crippen LogP contribution in [0.15, 0.2) is 71.6 Å². The monoisotopic (exact) mass is 568 g/mol. The predicted molar refractivity (Wildman–Crippen MR) is 149 cm³/mol. The Morgan fingerprint density at radius 2 is 1.90 bits per heavy atom. The van der Waals surface area contributed by atoms with E-state index < -0.39 is 16.1 Å². The van der Waals surface area contributed by atoms with Crippen molar-refractivity contribution in [3.8, 4) is 5.75 Å². The quantitative estimate of drug-likeness (QED) is 0.355. The molecular formula is C27H25FN4O5S2. The van der Waals surface area contributed by atoms with Gasteiger partial charge >= 0.3 is 10.2 Å². The number of fused-ring (bicyclic) bond motifs is 1. The standard InChI is InChI=1S/C27H25FN4O5S2/c1-17(33)30-39(35,36)31-22-8-11-24-20(15-22)12-13-32(24)27-29-26(34)25(38-27)14-18-4-9-23(10-5-18)37-16-19-2-6-21(28)7-3-19/h2-11,14-15,27,31H,12-13,16H2,1H3,(H,29,34)(H,30,33). The molecule has 9 nitrogen and oxygen atoms in total. The van der Waals surface area contributed by atoms with E-state index in [1.807, 2.05) is 35.1 Å². The second-order valence-electron chi connectivity index (χ2n) is 8.99. The Morgan fingerprint density at radius 1 is 1.15 bits per heavy atom. The third kappa shape index (κ3) is 6.52. The van der Waals surface area contributed by atoms with Crippen LogP contribution in [-0.2, 0) is 32.8 Å². The number of ether oxygens (including phenoxy) is 1. The number of benzene rings is 3. The molecule has 5 rings (SSSR count). The summed E-state index contributed by atoms with van der Waals surface area (Å²) < 4.78 is 47.0. The Hall–Kier alpha value is -4.03. The first-order chi connectivity index (χ1) is 18.6. The number of hydrogen-bond acceptors (Lipinski definition) is 7. The largest absolute Gasteiger partial charge is 0.489 e. The molecule has 2 aliphatic heterocycles. The maximum Gasteiger partial charge on any atom is 0.323 e. The molecule has 0 aliphatic carbocycles. The smallest absolute Gasteiger partial charge is 0.323 e. The zero-order valence-corrected chi connectivity index (χ0v) is 22.4. The number of amides is 2. The van der Waals surface area contributed by atoms with E-state index in [2.05, 4.69) is 14.9 Å². The number of halogens is 1. The van der Waals surface area contributed by atoms with Gasteiger partial charge in [0.1, 0.15) is 18.2 Å². The van der Waals surface area contributed by atoms with Crippen molar-refractivity contribution in [3.63, 3.8) is 0 Å². The molecule has 3 aromatic carbocycles. The van der Waals surface area contributed by atoms with E-state index in [-0.39, 0.29) is 17.2 Å². The second kappa shape index (κ2) is 11.0. The van der Waals surface area contributed by atoms with Gasteiger partial charge in [-0.25, -0.2) is 9.11 Å². The molecule has 39 heavy (non-hydrogen) atoms. The van der Waals surface area contributed by atoms with Crippen LogP contribution in [-0.4, -0.2) is 32.3 Å². The highest BCUT2D eigenvalue weighted by Gasteiger charge is 2.35. The highest BCUT2D eigenvalue weighted by molar-refractivity contribution is 8.05. The Morgan fingerprint density at radius 3 is 2.62 bits per heavy atom. The van der Waals surface area contributed by atoms with E-state index >= 15 is 0 Å². The lowest BCUT2D eigenvalue weighted by Crippen LogP contribution is -2.40. The van der Waals surface area contributed by atoms with Crippen LogP contribution in [0.25, 0.3) is 6.08 Å². The number of anilines is 2. The molecule has 1 unspecified atom stereocenters. The van der Waals surface area contributed by atoms with Crippen LogP contribution < -0.4 is 24.4 Å². The fourth-order valence-electron chi connectivity index (χ4n) is 4.29. The third-order valence-corrected chi connectivity index (χ3v) is 8.25. The molecule has 0 spiro atoms. The van der Waals surface area contributed by atoms with Gasteiger partial charge in [0.2, 0.25) is 5.91 Å². The number of carbonyl (C=O) groups is 2. The van der Waals surface area contributed by atoms with E-state index in [0.29, 0.717) is 35.9 Å². The van der Waals surface area contributed by atoms with Gasteiger partial charge in [0.25, 0.3) is 5.91 Å². The van der Waals surface area contributed by atoms with Crippen molar-refractivity contribution in [2.24, 2.45) is 0 Å². The molecule has 1 atom stereocenters. The summed E-state index contributed by atoms with van der Waals surface area (Å²) in [5, 5.41) is 3.01. The molecule has 2 amide bonds. The van der Waals surface area contributed by atoms with Crippen molar-refractivity contribution in [1.82, 2.24) is 10.0 Å². The lowest BCUT2D eigenvalue weighted by molar-refractivity contribution is -0.117. The molecule has 3 N–H and O–H groups in total.